The van der Waals surface area contributed by atoms with Crippen molar-refractivity contribution in [3.05, 3.63) is 0 Å². The lowest BCUT2D eigenvalue weighted by molar-refractivity contribution is -0.114. The Balaban J connectivity index is 2.15. The second-order valence-electron chi connectivity index (χ2n) is 6.67. The van der Waals surface area contributed by atoms with E-state index in [-0.39, 0.29) is 8.83 Å². The summed E-state index contributed by atoms with van der Waals surface area (Å²) in [5, 5.41) is 0.481. The van der Waals surface area contributed by atoms with Gasteiger partial charge in [-0.2, -0.15) is 11.1 Å². The van der Waals surface area contributed by atoms with Crippen LogP contribution in [0.1, 0.15) is 47.0 Å². The molecule has 0 spiro atoms. The van der Waals surface area contributed by atoms with Crippen molar-refractivity contribution in [3.8, 4) is 0 Å². The van der Waals surface area contributed by atoms with Crippen molar-refractivity contribution >= 4 is 19.9 Å². The van der Waals surface area contributed by atoms with Crippen LogP contribution in [0.25, 0.3) is 0 Å². The summed E-state index contributed by atoms with van der Waals surface area (Å²) in [6.45, 7) is 9.77. The van der Waals surface area contributed by atoms with E-state index in [2.05, 4.69) is 27.7 Å². The molecule has 0 saturated heterocycles. The van der Waals surface area contributed by atoms with Gasteiger partial charge in [0.2, 0.25) is 0 Å². The van der Waals surface area contributed by atoms with Gasteiger partial charge in [0.05, 0.1) is 0 Å². The van der Waals surface area contributed by atoms with Crippen LogP contribution in [0.4, 0.5) is 0 Å². The topological polar surface area (TPSA) is 0 Å². The van der Waals surface area contributed by atoms with Crippen LogP contribution in [0.3, 0.4) is 0 Å². The van der Waals surface area contributed by atoms with Gasteiger partial charge in [-0.05, 0) is 47.5 Å². The normalized spacial score (nSPS) is 41.4. The van der Waals surface area contributed by atoms with Crippen molar-refractivity contribution in [2.45, 2.75) is 52.0 Å². The third-order valence-corrected chi connectivity index (χ3v) is 8.49. The van der Waals surface area contributed by atoms with Crippen molar-refractivity contribution in [2.75, 3.05) is 0 Å². The fourth-order valence-corrected chi connectivity index (χ4v) is 5.13. The Hall–Kier alpha value is 0.507. The standard InChI is InChI=1S/C12H23ClSi/c1-11(2)8-5-6-9(10(11)7-8)12(3,4)14-13/h8-10H,5-7,14H2,1-4H3. The molecule has 0 heterocycles. The SMILES string of the molecule is CC(C)([SiH2]Cl)C1CCC2CC1C2(C)C. The molecule has 3 atom stereocenters. The molecule has 0 aliphatic heterocycles. The fourth-order valence-electron chi connectivity index (χ4n) is 3.85. The minimum atomic E-state index is -0.387. The average Bonchev–Trinajstić information content (AvgIpc) is 2.17. The summed E-state index contributed by atoms with van der Waals surface area (Å²) in [5.74, 6) is 2.92. The predicted octanol–water partition coefficient (Wildman–Crippen LogP) is 3.58. The van der Waals surface area contributed by atoms with Crippen LogP contribution >= 0.6 is 11.1 Å². The summed E-state index contributed by atoms with van der Waals surface area (Å²) in [6, 6.07) is 0. The summed E-state index contributed by atoms with van der Waals surface area (Å²) < 4.78 is 0. The van der Waals surface area contributed by atoms with E-state index in [1.54, 1.807) is 0 Å². The van der Waals surface area contributed by atoms with Gasteiger partial charge in [-0.1, -0.05) is 27.7 Å². The summed E-state index contributed by atoms with van der Waals surface area (Å²) in [4.78, 5) is 0. The number of rotatable bonds is 2. The molecule has 3 aliphatic carbocycles. The quantitative estimate of drug-likeness (QED) is 0.503. The first-order valence-corrected chi connectivity index (χ1v) is 8.80. The van der Waals surface area contributed by atoms with Crippen LogP contribution < -0.4 is 0 Å². The van der Waals surface area contributed by atoms with Gasteiger partial charge < -0.3 is 0 Å². The van der Waals surface area contributed by atoms with Crippen molar-refractivity contribution in [3.63, 3.8) is 0 Å². The first-order valence-electron chi connectivity index (χ1n) is 5.95. The number of halogens is 1. The first kappa shape index (κ1) is 11.0. The predicted molar refractivity (Wildman–Crippen MR) is 66.5 cm³/mol. The molecule has 0 amide bonds. The van der Waals surface area contributed by atoms with Gasteiger partial charge in [0.25, 0.3) is 0 Å². The van der Waals surface area contributed by atoms with E-state index in [9.17, 15) is 0 Å². The zero-order chi connectivity index (χ0) is 10.6. The molecule has 0 aromatic carbocycles. The Bertz CT molecular complexity index is 232. The van der Waals surface area contributed by atoms with Gasteiger partial charge in [-0.15, -0.1) is 0 Å². The Morgan fingerprint density at radius 2 is 1.93 bits per heavy atom. The van der Waals surface area contributed by atoms with E-state index in [4.69, 9.17) is 11.1 Å². The van der Waals surface area contributed by atoms with Gasteiger partial charge in [0.15, 0.2) is 0 Å². The minimum absolute atomic E-state index is 0.387. The van der Waals surface area contributed by atoms with Crippen LogP contribution in [0.15, 0.2) is 0 Å². The summed E-state index contributed by atoms with van der Waals surface area (Å²) in [7, 11) is -0.387. The molecule has 3 rings (SSSR count). The molecular formula is C12H23ClSi. The minimum Gasteiger partial charge on any atom is -0.176 e. The third kappa shape index (κ3) is 1.39. The van der Waals surface area contributed by atoms with E-state index in [0.717, 1.165) is 17.8 Å². The summed E-state index contributed by atoms with van der Waals surface area (Å²) in [5.41, 5.74) is 0.626. The van der Waals surface area contributed by atoms with Crippen LogP contribution in [0.2, 0.25) is 5.04 Å². The molecule has 2 heteroatoms. The molecular weight excluding hydrogens is 208 g/mol. The van der Waals surface area contributed by atoms with Crippen LogP contribution in [0, 0.1) is 23.2 Å². The molecule has 0 nitrogen and oxygen atoms in total. The highest BCUT2D eigenvalue weighted by molar-refractivity contribution is 6.95. The maximum absolute atomic E-state index is 6.24. The average molecular weight is 231 g/mol. The number of hydrogen-bond donors (Lipinski definition) is 0. The van der Waals surface area contributed by atoms with E-state index in [0.29, 0.717) is 10.5 Å². The zero-order valence-electron chi connectivity index (χ0n) is 9.94. The number of fused-ring (bicyclic) bond motifs is 2. The highest BCUT2D eigenvalue weighted by atomic mass is 35.6. The van der Waals surface area contributed by atoms with Gasteiger partial charge in [-0.25, -0.2) is 0 Å². The molecule has 82 valence electrons. The van der Waals surface area contributed by atoms with Gasteiger partial charge in [0.1, 0.15) is 8.83 Å². The van der Waals surface area contributed by atoms with Crippen molar-refractivity contribution in [2.24, 2.45) is 23.2 Å². The van der Waals surface area contributed by atoms with Crippen LogP contribution in [-0.4, -0.2) is 8.83 Å². The summed E-state index contributed by atoms with van der Waals surface area (Å²) in [6.07, 6.45) is 4.40. The molecule has 0 N–H and O–H groups in total. The highest BCUT2D eigenvalue weighted by Crippen LogP contribution is 2.65. The van der Waals surface area contributed by atoms with Crippen molar-refractivity contribution in [1.82, 2.24) is 0 Å². The van der Waals surface area contributed by atoms with Gasteiger partial charge in [-0.3, -0.25) is 0 Å². The Morgan fingerprint density at radius 3 is 2.36 bits per heavy atom. The molecule has 0 aromatic heterocycles. The first-order chi connectivity index (χ1) is 6.39. The van der Waals surface area contributed by atoms with E-state index >= 15 is 0 Å². The molecule has 3 saturated carbocycles. The molecule has 3 unspecified atom stereocenters. The maximum atomic E-state index is 6.24. The van der Waals surface area contributed by atoms with Crippen molar-refractivity contribution in [1.29, 1.82) is 0 Å². The lowest BCUT2D eigenvalue weighted by Crippen LogP contribution is -2.54. The smallest absolute Gasteiger partial charge is 0.131 e. The van der Waals surface area contributed by atoms with Crippen LogP contribution in [-0.2, 0) is 0 Å². The molecule has 3 fully saturated rings. The monoisotopic (exact) mass is 230 g/mol. The largest absolute Gasteiger partial charge is 0.176 e. The Morgan fingerprint density at radius 1 is 1.29 bits per heavy atom. The van der Waals surface area contributed by atoms with Crippen LogP contribution in [0.5, 0.6) is 0 Å². The third-order valence-electron chi connectivity index (χ3n) is 5.21. The van der Waals surface area contributed by atoms with Gasteiger partial charge >= 0.3 is 0 Å². The molecule has 2 bridgehead atoms. The van der Waals surface area contributed by atoms with E-state index in [1.807, 2.05) is 0 Å². The Kier molecular flexibility index (Phi) is 2.55. The van der Waals surface area contributed by atoms with Gasteiger partial charge in [0, 0.05) is 0 Å². The fraction of sp³-hybridized carbons (Fsp3) is 1.00. The van der Waals surface area contributed by atoms with Crippen molar-refractivity contribution < 1.29 is 0 Å². The molecule has 0 aromatic rings. The van der Waals surface area contributed by atoms with E-state index in [1.165, 1.54) is 19.3 Å². The Labute approximate surface area is 95.3 Å². The molecule has 3 aliphatic rings. The maximum Gasteiger partial charge on any atom is 0.131 e. The lowest BCUT2D eigenvalue weighted by atomic mass is 9.44. The lowest BCUT2D eigenvalue weighted by Gasteiger charge is -2.63. The molecule has 14 heavy (non-hydrogen) atoms. The number of hydrogen-bond acceptors (Lipinski definition) is 0. The zero-order valence-corrected chi connectivity index (χ0v) is 12.1. The van der Waals surface area contributed by atoms with E-state index < -0.39 is 0 Å². The second-order valence-corrected chi connectivity index (χ2v) is 9.56. The second kappa shape index (κ2) is 3.25. The summed E-state index contributed by atoms with van der Waals surface area (Å²) >= 11 is 6.24. The highest BCUT2D eigenvalue weighted by Gasteiger charge is 2.56. The molecule has 0 radical (unpaired) electrons.